The van der Waals surface area contributed by atoms with E-state index in [0.29, 0.717) is 53.3 Å². The number of fused-ring (bicyclic) bond motifs is 1. The van der Waals surface area contributed by atoms with Gasteiger partial charge in [0, 0.05) is 42.5 Å². The number of nitrogens with zero attached hydrogens (tertiary/aromatic N) is 5. The van der Waals surface area contributed by atoms with Gasteiger partial charge < -0.3 is 4.90 Å². The number of aromatic nitrogens is 4. The highest BCUT2D eigenvalue weighted by Gasteiger charge is 2.47. The third-order valence-corrected chi connectivity index (χ3v) is 7.26. The van der Waals surface area contributed by atoms with Crippen LogP contribution in [0.15, 0.2) is 36.0 Å². The van der Waals surface area contributed by atoms with Gasteiger partial charge in [0.25, 0.3) is 5.91 Å². The Morgan fingerprint density at radius 3 is 2.67 bits per heavy atom. The average molecular weight is 474 g/mol. The third-order valence-electron chi connectivity index (χ3n) is 6.35. The third kappa shape index (κ3) is 4.62. The first-order valence-electron chi connectivity index (χ1n) is 10.9. The lowest BCUT2D eigenvalue weighted by Crippen LogP contribution is -2.45. The predicted octanol–water partition coefficient (Wildman–Crippen LogP) is 4.81. The summed E-state index contributed by atoms with van der Waals surface area (Å²) in [7, 11) is 0. The van der Waals surface area contributed by atoms with Crippen molar-refractivity contribution in [1.82, 2.24) is 24.8 Å². The van der Waals surface area contributed by atoms with E-state index in [-0.39, 0.29) is 11.9 Å². The van der Waals surface area contributed by atoms with Crippen LogP contribution in [0.25, 0.3) is 11.4 Å². The van der Waals surface area contributed by atoms with E-state index < -0.39 is 11.9 Å². The fraction of sp³-hybridized carbons (Fsp3) is 0.435. The highest BCUT2D eigenvalue weighted by molar-refractivity contribution is 7.09. The molecular weight excluding hydrogens is 451 g/mol. The molecule has 5 rings (SSSR count). The Balaban J connectivity index is 1.39. The van der Waals surface area contributed by atoms with Crippen LogP contribution >= 0.6 is 11.3 Å². The molecular formula is C23H22F3N5OS. The number of hydrogen-bond acceptors (Lipinski definition) is 6. The highest BCUT2D eigenvalue weighted by atomic mass is 32.1. The first kappa shape index (κ1) is 21.9. The molecule has 0 aromatic carbocycles. The minimum Gasteiger partial charge on any atom is -0.334 e. The molecule has 4 heterocycles. The molecule has 0 N–H and O–H groups in total. The SMILES string of the molecule is Cc1ccc(-c2ncccn2)c(C(=O)N2C[C@@H]3C[C@@H]3C[C@H]2CCc2nc(C(F)(F)F)cs2)n1. The Hall–Kier alpha value is -2.88. The topological polar surface area (TPSA) is 71.9 Å². The molecule has 172 valence electrons. The Morgan fingerprint density at radius 2 is 1.94 bits per heavy atom. The van der Waals surface area contributed by atoms with Crippen LogP contribution in [0.1, 0.15) is 46.1 Å². The molecule has 0 bridgehead atoms. The number of pyridine rings is 1. The number of hydrogen-bond donors (Lipinski definition) is 0. The summed E-state index contributed by atoms with van der Waals surface area (Å²) in [5.74, 6) is 1.34. The Labute approximate surface area is 192 Å². The summed E-state index contributed by atoms with van der Waals surface area (Å²) in [5.41, 5.74) is 0.771. The number of piperidine rings is 1. The maximum atomic E-state index is 13.7. The molecule has 3 aromatic heterocycles. The molecule has 0 radical (unpaired) electrons. The van der Waals surface area contributed by atoms with Gasteiger partial charge in [0.15, 0.2) is 11.5 Å². The van der Waals surface area contributed by atoms with Crippen LogP contribution in [-0.2, 0) is 12.6 Å². The second-order valence-corrected chi connectivity index (χ2v) is 9.63. The largest absolute Gasteiger partial charge is 0.434 e. The van der Waals surface area contributed by atoms with Gasteiger partial charge in [-0.25, -0.2) is 19.9 Å². The zero-order valence-corrected chi connectivity index (χ0v) is 18.7. The molecule has 0 unspecified atom stereocenters. The number of likely N-dealkylation sites (tertiary alicyclic amines) is 1. The van der Waals surface area contributed by atoms with Crippen LogP contribution < -0.4 is 0 Å². The Kier molecular flexibility index (Phi) is 5.64. The summed E-state index contributed by atoms with van der Waals surface area (Å²) >= 11 is 1.02. The zero-order valence-electron chi connectivity index (χ0n) is 17.9. The lowest BCUT2D eigenvalue weighted by Gasteiger charge is -2.35. The van der Waals surface area contributed by atoms with Crippen molar-refractivity contribution in [2.75, 3.05) is 6.54 Å². The van der Waals surface area contributed by atoms with Crippen molar-refractivity contribution in [3.63, 3.8) is 0 Å². The molecule has 0 spiro atoms. The van der Waals surface area contributed by atoms with E-state index in [1.165, 1.54) is 0 Å². The molecule has 1 aliphatic heterocycles. The van der Waals surface area contributed by atoms with Crippen molar-refractivity contribution in [3.05, 3.63) is 58.1 Å². The highest BCUT2D eigenvalue weighted by Crippen LogP contribution is 2.48. The average Bonchev–Trinajstić information content (AvgIpc) is 3.38. The summed E-state index contributed by atoms with van der Waals surface area (Å²) in [6.07, 6.45) is 1.74. The Morgan fingerprint density at radius 1 is 1.15 bits per heavy atom. The fourth-order valence-corrected chi connectivity index (χ4v) is 5.36. The van der Waals surface area contributed by atoms with Crippen molar-refractivity contribution in [2.45, 2.75) is 44.8 Å². The normalized spacial score (nSPS) is 22.2. The van der Waals surface area contributed by atoms with Gasteiger partial charge in [-0.15, -0.1) is 11.3 Å². The van der Waals surface area contributed by atoms with E-state index in [4.69, 9.17) is 0 Å². The quantitative estimate of drug-likeness (QED) is 0.532. The van der Waals surface area contributed by atoms with Crippen molar-refractivity contribution in [3.8, 4) is 11.4 Å². The number of carbonyl (C=O) groups is 1. The van der Waals surface area contributed by atoms with Crippen LogP contribution in [0.2, 0.25) is 0 Å². The van der Waals surface area contributed by atoms with Crippen LogP contribution in [0, 0.1) is 18.8 Å². The van der Waals surface area contributed by atoms with Gasteiger partial charge in [0.2, 0.25) is 0 Å². The van der Waals surface area contributed by atoms with Gasteiger partial charge in [-0.1, -0.05) is 0 Å². The van der Waals surface area contributed by atoms with E-state index in [0.717, 1.165) is 35.3 Å². The van der Waals surface area contributed by atoms with Gasteiger partial charge in [-0.3, -0.25) is 4.79 Å². The van der Waals surface area contributed by atoms with Crippen LogP contribution in [0.4, 0.5) is 13.2 Å². The first-order chi connectivity index (χ1) is 15.8. The fourth-order valence-electron chi connectivity index (χ4n) is 4.54. The molecule has 33 heavy (non-hydrogen) atoms. The lowest BCUT2D eigenvalue weighted by molar-refractivity contribution is -0.140. The molecule has 6 nitrogen and oxygen atoms in total. The van der Waals surface area contributed by atoms with Crippen molar-refractivity contribution in [1.29, 1.82) is 0 Å². The Bertz CT molecular complexity index is 1170. The first-order valence-corrected chi connectivity index (χ1v) is 11.7. The van der Waals surface area contributed by atoms with E-state index in [9.17, 15) is 18.0 Å². The number of carbonyl (C=O) groups excluding carboxylic acids is 1. The maximum Gasteiger partial charge on any atom is 0.434 e. The van der Waals surface area contributed by atoms with Crippen LogP contribution in [0.3, 0.4) is 0 Å². The zero-order chi connectivity index (χ0) is 23.2. The van der Waals surface area contributed by atoms with Crippen molar-refractivity contribution >= 4 is 17.2 Å². The molecule has 1 aliphatic carbocycles. The number of aryl methyl sites for hydroxylation is 2. The standard InChI is InChI=1S/C23H22F3N5OS/c1-13-3-5-17(21-27-7-2-8-28-21)20(29-13)22(32)31-11-15-9-14(15)10-16(31)4-6-19-30-18(12-33-19)23(24,25)26/h2-3,5,7-8,12,14-16H,4,6,9-11H2,1H3/t14-,15+,16-/m1/s1. The minimum atomic E-state index is -4.43. The summed E-state index contributed by atoms with van der Waals surface area (Å²) in [6.45, 7) is 2.47. The van der Waals surface area contributed by atoms with Gasteiger partial charge >= 0.3 is 6.18 Å². The van der Waals surface area contributed by atoms with E-state index in [1.54, 1.807) is 18.5 Å². The molecule has 1 amide bonds. The van der Waals surface area contributed by atoms with Crippen molar-refractivity contribution in [2.24, 2.45) is 11.8 Å². The summed E-state index contributed by atoms with van der Waals surface area (Å²) in [6, 6.07) is 5.29. The van der Waals surface area contributed by atoms with Gasteiger partial charge in [-0.05, 0) is 56.2 Å². The van der Waals surface area contributed by atoms with Crippen molar-refractivity contribution < 1.29 is 18.0 Å². The number of alkyl halides is 3. The summed E-state index contributed by atoms with van der Waals surface area (Å²) in [4.78, 5) is 32.4. The molecule has 1 saturated carbocycles. The molecule has 2 fully saturated rings. The van der Waals surface area contributed by atoms with E-state index >= 15 is 0 Å². The summed E-state index contributed by atoms with van der Waals surface area (Å²) < 4.78 is 38.7. The van der Waals surface area contributed by atoms with E-state index in [2.05, 4.69) is 19.9 Å². The second-order valence-electron chi connectivity index (χ2n) is 8.69. The number of halogens is 3. The predicted molar refractivity (Wildman–Crippen MR) is 116 cm³/mol. The molecule has 3 aromatic rings. The lowest BCUT2D eigenvalue weighted by atomic mass is 9.96. The van der Waals surface area contributed by atoms with Gasteiger partial charge in [0.05, 0.1) is 10.6 Å². The number of thiazole rings is 1. The van der Waals surface area contributed by atoms with E-state index in [1.807, 2.05) is 24.0 Å². The molecule has 3 atom stereocenters. The minimum absolute atomic E-state index is 0.0636. The van der Waals surface area contributed by atoms with Crippen LogP contribution in [-0.4, -0.2) is 43.3 Å². The van der Waals surface area contributed by atoms with Gasteiger partial charge in [0.1, 0.15) is 5.69 Å². The maximum absolute atomic E-state index is 13.7. The molecule has 10 heteroatoms. The second kappa shape index (κ2) is 8.48. The van der Waals surface area contributed by atoms with Gasteiger partial charge in [-0.2, -0.15) is 13.2 Å². The van der Waals surface area contributed by atoms with Crippen LogP contribution in [0.5, 0.6) is 0 Å². The molecule has 1 saturated heterocycles. The smallest absolute Gasteiger partial charge is 0.334 e. The number of rotatable bonds is 5. The summed E-state index contributed by atoms with van der Waals surface area (Å²) in [5, 5.41) is 1.50. The molecule has 2 aliphatic rings. The number of amides is 1. The monoisotopic (exact) mass is 473 g/mol.